The zero-order valence-corrected chi connectivity index (χ0v) is 10.00. The summed E-state index contributed by atoms with van der Waals surface area (Å²) in [5.74, 6) is 4.61. The number of aryl methyl sites for hydroxylation is 1. The van der Waals surface area contributed by atoms with Gasteiger partial charge in [0.2, 0.25) is 0 Å². The van der Waals surface area contributed by atoms with Crippen molar-refractivity contribution in [1.82, 2.24) is 4.98 Å². The van der Waals surface area contributed by atoms with Crippen LogP contribution < -0.4 is 0 Å². The SMILES string of the molecule is Cc1ccc(C#CC(=O)OC(C)(C)C)cn1. The fourth-order valence-electron chi connectivity index (χ4n) is 0.969. The van der Waals surface area contributed by atoms with Crippen LogP contribution >= 0.6 is 0 Å². The van der Waals surface area contributed by atoms with E-state index < -0.39 is 11.6 Å². The lowest BCUT2D eigenvalue weighted by Crippen LogP contribution is -2.22. The zero-order chi connectivity index (χ0) is 12.2. The van der Waals surface area contributed by atoms with E-state index >= 15 is 0 Å². The quantitative estimate of drug-likeness (QED) is 0.493. The summed E-state index contributed by atoms with van der Waals surface area (Å²) in [5, 5.41) is 0. The molecule has 0 unspecified atom stereocenters. The lowest BCUT2D eigenvalue weighted by molar-refractivity contribution is -0.147. The second kappa shape index (κ2) is 4.80. The highest BCUT2D eigenvalue weighted by atomic mass is 16.6. The van der Waals surface area contributed by atoms with Crippen LogP contribution in [-0.4, -0.2) is 16.6 Å². The number of nitrogens with zero attached hydrogens (tertiary/aromatic N) is 1. The number of hydrogen-bond acceptors (Lipinski definition) is 3. The van der Waals surface area contributed by atoms with Crippen molar-refractivity contribution in [3.8, 4) is 11.8 Å². The smallest absolute Gasteiger partial charge is 0.385 e. The van der Waals surface area contributed by atoms with Crippen LogP contribution in [-0.2, 0) is 9.53 Å². The molecule has 0 aliphatic rings. The molecule has 0 aromatic carbocycles. The first-order chi connectivity index (χ1) is 7.37. The molecule has 0 spiro atoms. The third kappa shape index (κ3) is 4.61. The third-order valence-corrected chi connectivity index (χ3v) is 1.62. The predicted octanol–water partition coefficient (Wildman–Crippen LogP) is 2.08. The van der Waals surface area contributed by atoms with Crippen LogP contribution in [0.1, 0.15) is 32.0 Å². The van der Waals surface area contributed by atoms with Crippen LogP contribution in [0.3, 0.4) is 0 Å². The Labute approximate surface area is 95.8 Å². The van der Waals surface area contributed by atoms with Gasteiger partial charge in [0.1, 0.15) is 5.60 Å². The van der Waals surface area contributed by atoms with Crippen LogP contribution in [0.25, 0.3) is 0 Å². The van der Waals surface area contributed by atoms with Crippen LogP contribution in [0.4, 0.5) is 0 Å². The summed E-state index contributed by atoms with van der Waals surface area (Å²) in [5.41, 5.74) is 1.12. The normalized spacial score (nSPS) is 10.2. The molecule has 0 aliphatic carbocycles. The molecule has 0 bridgehead atoms. The highest BCUT2D eigenvalue weighted by Crippen LogP contribution is 2.06. The number of pyridine rings is 1. The fraction of sp³-hybridized carbons (Fsp3) is 0.385. The fourth-order valence-corrected chi connectivity index (χ4v) is 0.969. The molecule has 1 aromatic heterocycles. The molecule has 84 valence electrons. The van der Waals surface area contributed by atoms with E-state index in [4.69, 9.17) is 4.74 Å². The van der Waals surface area contributed by atoms with Gasteiger partial charge in [-0.15, -0.1) is 0 Å². The monoisotopic (exact) mass is 217 g/mol. The van der Waals surface area contributed by atoms with Crippen molar-refractivity contribution >= 4 is 5.97 Å². The summed E-state index contributed by atoms with van der Waals surface area (Å²) in [4.78, 5) is 15.4. The van der Waals surface area contributed by atoms with Gasteiger partial charge in [0.15, 0.2) is 0 Å². The largest absolute Gasteiger partial charge is 0.450 e. The van der Waals surface area contributed by atoms with Crippen molar-refractivity contribution in [3.05, 3.63) is 29.6 Å². The molecular weight excluding hydrogens is 202 g/mol. The van der Waals surface area contributed by atoms with E-state index in [9.17, 15) is 4.79 Å². The number of carbonyl (C=O) groups excluding carboxylic acids is 1. The molecule has 1 heterocycles. The Balaban J connectivity index is 2.68. The molecule has 0 fully saturated rings. The molecule has 1 aromatic rings. The number of rotatable bonds is 0. The standard InChI is InChI=1S/C13H15NO2/c1-10-5-6-11(9-14-10)7-8-12(15)16-13(2,3)4/h5-6,9H,1-4H3. The summed E-state index contributed by atoms with van der Waals surface area (Å²) >= 11 is 0. The molecule has 0 saturated heterocycles. The Bertz CT molecular complexity index is 430. The summed E-state index contributed by atoms with van der Waals surface area (Å²) in [6.07, 6.45) is 1.63. The summed E-state index contributed by atoms with van der Waals surface area (Å²) in [6, 6.07) is 3.67. The van der Waals surface area contributed by atoms with Crippen LogP contribution in [0.15, 0.2) is 18.3 Å². The Morgan fingerprint density at radius 3 is 2.56 bits per heavy atom. The Morgan fingerprint density at radius 1 is 1.38 bits per heavy atom. The lowest BCUT2D eigenvalue weighted by atomic mass is 10.2. The summed E-state index contributed by atoms with van der Waals surface area (Å²) < 4.78 is 5.05. The van der Waals surface area contributed by atoms with E-state index in [1.54, 1.807) is 27.0 Å². The topological polar surface area (TPSA) is 39.2 Å². The summed E-state index contributed by atoms with van der Waals surface area (Å²) in [7, 11) is 0. The van der Waals surface area contributed by atoms with Gasteiger partial charge in [0.25, 0.3) is 0 Å². The number of hydrogen-bond donors (Lipinski definition) is 0. The van der Waals surface area contributed by atoms with Gasteiger partial charge >= 0.3 is 5.97 Å². The number of carbonyl (C=O) groups is 1. The maximum atomic E-state index is 11.3. The van der Waals surface area contributed by atoms with Gasteiger partial charge in [-0.2, -0.15) is 0 Å². The van der Waals surface area contributed by atoms with Gasteiger partial charge in [0.05, 0.1) is 0 Å². The molecule has 0 aliphatic heterocycles. The molecule has 0 saturated carbocycles. The van der Waals surface area contributed by atoms with Crippen molar-refractivity contribution in [1.29, 1.82) is 0 Å². The molecular formula is C13H15NO2. The third-order valence-electron chi connectivity index (χ3n) is 1.62. The Hall–Kier alpha value is -1.82. The van der Waals surface area contributed by atoms with Crippen molar-refractivity contribution in [2.24, 2.45) is 0 Å². The molecule has 0 atom stereocenters. The van der Waals surface area contributed by atoms with Gasteiger partial charge < -0.3 is 4.74 Å². The minimum Gasteiger partial charge on any atom is -0.450 e. The first-order valence-electron chi connectivity index (χ1n) is 5.04. The maximum Gasteiger partial charge on any atom is 0.385 e. The first-order valence-corrected chi connectivity index (χ1v) is 5.04. The van der Waals surface area contributed by atoms with Gasteiger partial charge in [-0.25, -0.2) is 4.79 Å². The second-order valence-corrected chi connectivity index (χ2v) is 4.44. The van der Waals surface area contributed by atoms with E-state index in [2.05, 4.69) is 16.8 Å². The van der Waals surface area contributed by atoms with Crippen molar-refractivity contribution in [2.75, 3.05) is 0 Å². The maximum absolute atomic E-state index is 11.3. The van der Waals surface area contributed by atoms with E-state index in [0.717, 1.165) is 5.69 Å². The van der Waals surface area contributed by atoms with Crippen molar-refractivity contribution in [3.63, 3.8) is 0 Å². The number of aromatic nitrogens is 1. The van der Waals surface area contributed by atoms with E-state index in [-0.39, 0.29) is 0 Å². The predicted molar refractivity (Wildman–Crippen MR) is 61.7 cm³/mol. The van der Waals surface area contributed by atoms with E-state index in [1.807, 2.05) is 19.1 Å². The van der Waals surface area contributed by atoms with Gasteiger partial charge in [-0.05, 0) is 39.8 Å². The Kier molecular flexibility index (Phi) is 3.68. The summed E-state index contributed by atoms with van der Waals surface area (Å²) in [6.45, 7) is 7.31. The van der Waals surface area contributed by atoms with Crippen LogP contribution in [0.2, 0.25) is 0 Å². The molecule has 0 N–H and O–H groups in total. The minimum atomic E-state index is -0.520. The minimum absolute atomic E-state index is 0.503. The number of ether oxygens (including phenoxy) is 1. The average Bonchev–Trinajstić information content (AvgIpc) is 2.14. The van der Waals surface area contributed by atoms with Crippen LogP contribution in [0, 0.1) is 18.8 Å². The lowest BCUT2D eigenvalue weighted by Gasteiger charge is -2.16. The van der Waals surface area contributed by atoms with Gasteiger partial charge in [0, 0.05) is 23.4 Å². The van der Waals surface area contributed by atoms with E-state index in [0.29, 0.717) is 5.56 Å². The van der Waals surface area contributed by atoms with Crippen molar-refractivity contribution < 1.29 is 9.53 Å². The highest BCUT2D eigenvalue weighted by Gasteiger charge is 2.14. The second-order valence-electron chi connectivity index (χ2n) is 4.44. The van der Waals surface area contributed by atoms with Gasteiger partial charge in [-0.1, -0.05) is 5.92 Å². The molecule has 0 amide bonds. The van der Waals surface area contributed by atoms with Crippen molar-refractivity contribution in [2.45, 2.75) is 33.3 Å². The average molecular weight is 217 g/mol. The molecule has 16 heavy (non-hydrogen) atoms. The van der Waals surface area contributed by atoms with E-state index in [1.165, 1.54) is 0 Å². The molecule has 3 nitrogen and oxygen atoms in total. The molecule has 1 rings (SSSR count). The number of esters is 1. The Morgan fingerprint density at radius 2 is 2.06 bits per heavy atom. The molecule has 3 heteroatoms. The first kappa shape index (κ1) is 12.3. The zero-order valence-electron chi connectivity index (χ0n) is 10.00. The van der Waals surface area contributed by atoms with Crippen LogP contribution in [0.5, 0.6) is 0 Å². The highest BCUT2D eigenvalue weighted by molar-refractivity contribution is 5.89. The molecule has 0 radical (unpaired) electrons. The van der Waals surface area contributed by atoms with Gasteiger partial charge in [-0.3, -0.25) is 4.98 Å².